The predicted octanol–water partition coefficient (Wildman–Crippen LogP) is 9.15. The fourth-order valence-electron chi connectivity index (χ4n) is 4.36. The van der Waals surface area contributed by atoms with Crippen LogP contribution in [0.5, 0.6) is 0 Å². The summed E-state index contributed by atoms with van der Waals surface area (Å²) >= 11 is 0. The predicted molar refractivity (Wildman–Crippen MR) is 140 cm³/mol. The highest BCUT2D eigenvalue weighted by Gasteiger charge is 2.11. The number of carboxylic acids is 1. The van der Waals surface area contributed by atoms with Gasteiger partial charge in [-0.05, 0) is 18.6 Å². The molecule has 188 valence electrons. The molecule has 1 aromatic carbocycles. The van der Waals surface area contributed by atoms with Crippen LogP contribution in [0.25, 0.3) is 0 Å². The van der Waals surface area contributed by atoms with Crippen molar-refractivity contribution in [2.75, 3.05) is 5.32 Å². The van der Waals surface area contributed by atoms with Crippen molar-refractivity contribution in [3.8, 4) is 0 Å². The molecule has 0 fully saturated rings. The molecule has 0 saturated heterocycles. The third kappa shape index (κ3) is 16.4. The molecule has 1 amide bonds. The Morgan fingerprint density at radius 1 is 0.636 bits per heavy atom. The standard InChI is InChI=1S/C29H49NO3/c1-2-3-4-5-6-7-8-9-10-11-12-13-14-15-16-17-18-19-20-25-28(31)30-27-24-22-21-23-26(27)29(32)33/h21-24H,2-20,25H2,1H3,(H,30,31)(H,32,33). The van der Waals surface area contributed by atoms with E-state index < -0.39 is 5.97 Å². The number of hydrogen-bond donors (Lipinski definition) is 2. The highest BCUT2D eigenvalue weighted by atomic mass is 16.4. The van der Waals surface area contributed by atoms with Crippen molar-refractivity contribution in [1.29, 1.82) is 0 Å². The third-order valence-electron chi connectivity index (χ3n) is 6.44. The van der Waals surface area contributed by atoms with Crippen molar-refractivity contribution in [2.24, 2.45) is 0 Å². The molecule has 0 radical (unpaired) electrons. The Labute approximate surface area is 202 Å². The lowest BCUT2D eigenvalue weighted by molar-refractivity contribution is -0.116. The van der Waals surface area contributed by atoms with Crippen molar-refractivity contribution < 1.29 is 14.7 Å². The number of carbonyl (C=O) groups is 2. The lowest BCUT2D eigenvalue weighted by atomic mass is 10.0. The minimum Gasteiger partial charge on any atom is -0.478 e. The molecule has 0 saturated carbocycles. The first-order chi connectivity index (χ1) is 16.1. The van der Waals surface area contributed by atoms with E-state index in [2.05, 4.69) is 12.2 Å². The topological polar surface area (TPSA) is 66.4 Å². The molecule has 4 nitrogen and oxygen atoms in total. The summed E-state index contributed by atoms with van der Waals surface area (Å²) in [6.07, 6.45) is 25.8. The molecule has 0 unspecified atom stereocenters. The summed E-state index contributed by atoms with van der Waals surface area (Å²) in [4.78, 5) is 23.3. The van der Waals surface area contributed by atoms with Crippen LogP contribution in [0.4, 0.5) is 5.69 Å². The molecule has 0 aliphatic carbocycles. The van der Waals surface area contributed by atoms with Gasteiger partial charge in [0.05, 0.1) is 11.3 Å². The second-order valence-electron chi connectivity index (χ2n) is 9.51. The minimum absolute atomic E-state index is 0.101. The molecule has 0 heterocycles. The maximum absolute atomic E-state index is 12.1. The average Bonchev–Trinajstić information content (AvgIpc) is 2.80. The monoisotopic (exact) mass is 459 g/mol. The highest BCUT2D eigenvalue weighted by molar-refractivity contribution is 6.00. The molecular formula is C29H49NO3. The molecule has 1 rings (SSSR count). The second-order valence-corrected chi connectivity index (χ2v) is 9.51. The first-order valence-electron chi connectivity index (χ1n) is 13.8. The number of nitrogens with one attached hydrogen (secondary N) is 1. The van der Waals surface area contributed by atoms with E-state index in [1.807, 2.05) is 0 Å². The van der Waals surface area contributed by atoms with E-state index in [0.717, 1.165) is 12.8 Å². The zero-order valence-electron chi connectivity index (χ0n) is 21.2. The van der Waals surface area contributed by atoms with Gasteiger partial charge in [0.15, 0.2) is 0 Å². The largest absolute Gasteiger partial charge is 0.478 e. The number of carboxylic acid groups (broad SMARTS) is 1. The SMILES string of the molecule is CCCCCCCCCCCCCCCCCCCCCC(=O)Nc1ccccc1C(=O)O. The molecule has 33 heavy (non-hydrogen) atoms. The molecule has 2 N–H and O–H groups in total. The van der Waals surface area contributed by atoms with Gasteiger partial charge < -0.3 is 10.4 Å². The number of rotatable bonds is 22. The van der Waals surface area contributed by atoms with Crippen molar-refractivity contribution in [1.82, 2.24) is 0 Å². The fraction of sp³-hybridized carbons (Fsp3) is 0.724. The molecule has 0 spiro atoms. The lowest BCUT2D eigenvalue weighted by Gasteiger charge is -2.08. The summed E-state index contributed by atoms with van der Waals surface area (Å²) < 4.78 is 0. The van der Waals surface area contributed by atoms with Crippen LogP contribution in [0.15, 0.2) is 24.3 Å². The zero-order valence-corrected chi connectivity index (χ0v) is 21.2. The van der Waals surface area contributed by atoms with Crippen LogP contribution >= 0.6 is 0 Å². The van der Waals surface area contributed by atoms with Crippen LogP contribution in [0, 0.1) is 0 Å². The Balaban J connectivity index is 1.84. The molecule has 0 aliphatic rings. The van der Waals surface area contributed by atoms with Gasteiger partial charge in [-0.25, -0.2) is 4.79 Å². The summed E-state index contributed by atoms with van der Waals surface area (Å²) in [5.74, 6) is -1.12. The number of benzene rings is 1. The normalized spacial score (nSPS) is 10.9. The molecule has 1 aromatic rings. The van der Waals surface area contributed by atoms with Crippen LogP contribution in [-0.4, -0.2) is 17.0 Å². The van der Waals surface area contributed by atoms with Gasteiger partial charge in [-0.1, -0.05) is 135 Å². The number of amides is 1. The molecule has 0 atom stereocenters. The van der Waals surface area contributed by atoms with E-state index in [1.54, 1.807) is 18.2 Å². The average molecular weight is 460 g/mol. The van der Waals surface area contributed by atoms with E-state index in [4.69, 9.17) is 0 Å². The molecule has 0 bridgehead atoms. The Hall–Kier alpha value is -1.84. The van der Waals surface area contributed by atoms with E-state index in [1.165, 1.54) is 115 Å². The third-order valence-corrected chi connectivity index (χ3v) is 6.44. The van der Waals surface area contributed by atoms with Gasteiger partial charge in [-0.3, -0.25) is 4.79 Å². The van der Waals surface area contributed by atoms with Gasteiger partial charge in [0.25, 0.3) is 0 Å². The quantitative estimate of drug-likeness (QED) is 0.170. The summed E-state index contributed by atoms with van der Waals surface area (Å²) in [6, 6.07) is 6.55. The van der Waals surface area contributed by atoms with Crippen LogP contribution in [0.2, 0.25) is 0 Å². The Kier molecular flexibility index (Phi) is 18.4. The van der Waals surface area contributed by atoms with Gasteiger partial charge in [0, 0.05) is 6.42 Å². The first kappa shape index (κ1) is 29.2. The Morgan fingerprint density at radius 3 is 1.45 bits per heavy atom. The van der Waals surface area contributed by atoms with Gasteiger partial charge in [0.2, 0.25) is 5.91 Å². The smallest absolute Gasteiger partial charge is 0.337 e. The van der Waals surface area contributed by atoms with Crippen molar-refractivity contribution >= 4 is 17.6 Å². The van der Waals surface area contributed by atoms with Gasteiger partial charge >= 0.3 is 5.97 Å². The van der Waals surface area contributed by atoms with Gasteiger partial charge in [-0.2, -0.15) is 0 Å². The summed E-state index contributed by atoms with van der Waals surface area (Å²) in [5.41, 5.74) is 0.520. The Morgan fingerprint density at radius 2 is 1.03 bits per heavy atom. The summed E-state index contributed by atoms with van der Waals surface area (Å²) in [6.45, 7) is 2.28. The van der Waals surface area contributed by atoms with Crippen LogP contribution in [0.3, 0.4) is 0 Å². The number of anilines is 1. The maximum atomic E-state index is 12.1. The van der Waals surface area contributed by atoms with E-state index in [-0.39, 0.29) is 11.5 Å². The minimum atomic E-state index is -1.02. The number of para-hydroxylation sites is 1. The van der Waals surface area contributed by atoms with Crippen LogP contribution < -0.4 is 5.32 Å². The highest BCUT2D eigenvalue weighted by Crippen LogP contribution is 2.17. The zero-order chi connectivity index (χ0) is 24.0. The molecule has 0 aromatic heterocycles. The molecule has 0 aliphatic heterocycles. The van der Waals surface area contributed by atoms with E-state index in [0.29, 0.717) is 12.1 Å². The summed E-state index contributed by atoms with van der Waals surface area (Å²) in [5, 5.41) is 11.9. The number of hydrogen-bond acceptors (Lipinski definition) is 2. The van der Waals surface area contributed by atoms with Crippen molar-refractivity contribution in [2.45, 2.75) is 135 Å². The van der Waals surface area contributed by atoms with Gasteiger partial charge in [-0.15, -0.1) is 0 Å². The van der Waals surface area contributed by atoms with E-state index in [9.17, 15) is 14.7 Å². The lowest BCUT2D eigenvalue weighted by Crippen LogP contribution is -2.14. The number of aromatic carboxylic acids is 1. The maximum Gasteiger partial charge on any atom is 0.337 e. The number of unbranched alkanes of at least 4 members (excludes halogenated alkanes) is 18. The van der Waals surface area contributed by atoms with E-state index >= 15 is 0 Å². The first-order valence-corrected chi connectivity index (χ1v) is 13.8. The number of carbonyl (C=O) groups excluding carboxylic acids is 1. The molecule has 4 heteroatoms. The van der Waals surface area contributed by atoms with Crippen LogP contribution in [-0.2, 0) is 4.79 Å². The van der Waals surface area contributed by atoms with Crippen LogP contribution in [0.1, 0.15) is 146 Å². The van der Waals surface area contributed by atoms with Crippen molar-refractivity contribution in [3.63, 3.8) is 0 Å². The van der Waals surface area contributed by atoms with Crippen molar-refractivity contribution in [3.05, 3.63) is 29.8 Å². The van der Waals surface area contributed by atoms with Gasteiger partial charge in [0.1, 0.15) is 0 Å². The fourth-order valence-corrected chi connectivity index (χ4v) is 4.36. The molecular weight excluding hydrogens is 410 g/mol. The summed E-state index contributed by atoms with van der Waals surface area (Å²) in [7, 11) is 0. The second kappa shape index (κ2) is 20.7. The Bertz CT molecular complexity index is 629.